The first-order valence-electron chi connectivity index (χ1n) is 7.21. The zero-order valence-corrected chi connectivity index (χ0v) is 12.3. The van der Waals surface area contributed by atoms with Crippen molar-refractivity contribution in [2.24, 2.45) is 0 Å². The van der Waals surface area contributed by atoms with Gasteiger partial charge >= 0.3 is 0 Å². The number of fused-ring (bicyclic) bond motifs is 1. The van der Waals surface area contributed by atoms with Gasteiger partial charge in [0, 0.05) is 17.5 Å². The molecule has 4 heteroatoms. The molecule has 0 saturated heterocycles. The molecule has 0 fully saturated rings. The maximum Gasteiger partial charge on any atom is 0.158 e. The number of unbranched alkanes of at least 4 members (excludes halogenated alkanes) is 1. The molecule has 2 aromatic heterocycles. The van der Waals surface area contributed by atoms with Gasteiger partial charge in [0.05, 0.1) is 18.1 Å². The normalized spacial score (nSPS) is 13.1. The second kappa shape index (κ2) is 6.04. The van der Waals surface area contributed by atoms with Crippen molar-refractivity contribution in [3.63, 3.8) is 0 Å². The van der Waals surface area contributed by atoms with Crippen LogP contribution in [0.2, 0.25) is 0 Å². The Morgan fingerprint density at radius 2 is 2.05 bits per heavy atom. The van der Waals surface area contributed by atoms with Crippen molar-refractivity contribution in [2.75, 3.05) is 5.32 Å². The molecule has 0 radical (unpaired) electrons. The number of anilines is 1. The van der Waals surface area contributed by atoms with Crippen LogP contribution in [0.15, 0.2) is 18.5 Å². The minimum atomic E-state index is 0.340. The summed E-state index contributed by atoms with van der Waals surface area (Å²) in [7, 11) is 0. The summed E-state index contributed by atoms with van der Waals surface area (Å²) in [5.74, 6) is 0. The molecule has 1 unspecified atom stereocenters. The summed E-state index contributed by atoms with van der Waals surface area (Å²) in [5, 5.41) is 9.00. The fourth-order valence-corrected chi connectivity index (χ4v) is 2.26. The van der Waals surface area contributed by atoms with Crippen LogP contribution in [0.5, 0.6) is 0 Å². The summed E-state index contributed by atoms with van der Waals surface area (Å²) < 4.78 is 1.96. The number of nitrogens with one attached hydrogen (secondary N) is 1. The highest BCUT2D eigenvalue weighted by Gasteiger charge is 2.08. The van der Waals surface area contributed by atoms with Crippen LogP contribution in [-0.2, 0) is 0 Å². The first-order chi connectivity index (χ1) is 9.11. The highest BCUT2D eigenvalue weighted by Crippen LogP contribution is 2.20. The smallest absolute Gasteiger partial charge is 0.158 e. The lowest BCUT2D eigenvalue weighted by molar-refractivity contribution is 0.546. The molecule has 0 spiro atoms. The Hall–Kier alpha value is -1.58. The summed E-state index contributed by atoms with van der Waals surface area (Å²) in [6.07, 6.45) is 7.49. The van der Waals surface area contributed by atoms with Crippen molar-refractivity contribution in [1.29, 1.82) is 0 Å². The van der Waals surface area contributed by atoms with E-state index in [0.29, 0.717) is 12.1 Å². The standard InChI is InChI=1S/C15H24N4/c1-5-6-7-12(4)18-14-8-13-9-17-19(11(2)3)15(13)16-10-14/h8-12,18H,5-7H2,1-4H3. The molecule has 1 N–H and O–H groups in total. The molecule has 0 aliphatic heterocycles. The topological polar surface area (TPSA) is 42.7 Å². The van der Waals surface area contributed by atoms with E-state index < -0.39 is 0 Å². The van der Waals surface area contributed by atoms with E-state index in [0.717, 1.165) is 16.7 Å². The van der Waals surface area contributed by atoms with Gasteiger partial charge in [0.15, 0.2) is 5.65 Å². The van der Waals surface area contributed by atoms with Gasteiger partial charge in [0.2, 0.25) is 0 Å². The summed E-state index contributed by atoms with van der Waals surface area (Å²) in [6.45, 7) is 8.68. The predicted octanol–water partition coefficient (Wildman–Crippen LogP) is 4.00. The van der Waals surface area contributed by atoms with Crippen molar-refractivity contribution in [2.45, 2.75) is 59.0 Å². The van der Waals surface area contributed by atoms with Crippen LogP contribution in [0.25, 0.3) is 11.0 Å². The maximum atomic E-state index is 4.53. The molecule has 0 bridgehead atoms. The van der Waals surface area contributed by atoms with Gasteiger partial charge in [-0.15, -0.1) is 0 Å². The molecule has 4 nitrogen and oxygen atoms in total. The van der Waals surface area contributed by atoms with Gasteiger partial charge in [-0.1, -0.05) is 19.8 Å². The van der Waals surface area contributed by atoms with Crippen LogP contribution in [0, 0.1) is 0 Å². The molecule has 104 valence electrons. The van der Waals surface area contributed by atoms with E-state index in [9.17, 15) is 0 Å². The molecule has 0 aromatic carbocycles. The highest BCUT2D eigenvalue weighted by atomic mass is 15.3. The van der Waals surface area contributed by atoms with Crippen LogP contribution in [0.1, 0.15) is 53.0 Å². The lowest BCUT2D eigenvalue weighted by atomic mass is 10.1. The Kier molecular flexibility index (Phi) is 4.40. The average Bonchev–Trinajstić information content (AvgIpc) is 2.79. The molecular formula is C15H24N4. The second-order valence-electron chi connectivity index (χ2n) is 5.51. The van der Waals surface area contributed by atoms with E-state index in [-0.39, 0.29) is 0 Å². The first kappa shape index (κ1) is 13.8. The van der Waals surface area contributed by atoms with Gasteiger partial charge < -0.3 is 5.32 Å². The largest absolute Gasteiger partial charge is 0.381 e. The van der Waals surface area contributed by atoms with Gasteiger partial charge in [-0.25, -0.2) is 9.67 Å². The number of aromatic nitrogens is 3. The Bertz CT molecular complexity index is 530. The molecule has 0 saturated carbocycles. The third-order valence-electron chi connectivity index (χ3n) is 3.33. The van der Waals surface area contributed by atoms with Crippen molar-refractivity contribution in [1.82, 2.24) is 14.8 Å². The molecule has 2 aromatic rings. The third kappa shape index (κ3) is 3.25. The van der Waals surface area contributed by atoms with Crippen molar-refractivity contribution >= 4 is 16.7 Å². The minimum absolute atomic E-state index is 0.340. The SMILES string of the molecule is CCCCC(C)Nc1cnc2c(cnn2C(C)C)c1. The van der Waals surface area contributed by atoms with Crippen LogP contribution in [-0.4, -0.2) is 20.8 Å². The fraction of sp³-hybridized carbons (Fsp3) is 0.600. The van der Waals surface area contributed by atoms with Crippen molar-refractivity contribution < 1.29 is 0 Å². The predicted molar refractivity (Wildman–Crippen MR) is 80.5 cm³/mol. The first-order valence-corrected chi connectivity index (χ1v) is 7.21. The van der Waals surface area contributed by atoms with Gasteiger partial charge in [0.1, 0.15) is 0 Å². The molecule has 2 rings (SSSR count). The quantitative estimate of drug-likeness (QED) is 0.853. The molecule has 0 amide bonds. The summed E-state index contributed by atoms with van der Waals surface area (Å²) in [5.41, 5.74) is 2.04. The molecular weight excluding hydrogens is 236 g/mol. The Morgan fingerprint density at radius 3 is 2.74 bits per heavy atom. The van der Waals surface area contributed by atoms with Crippen LogP contribution in [0.3, 0.4) is 0 Å². The Labute approximate surface area is 115 Å². The highest BCUT2D eigenvalue weighted by molar-refractivity contribution is 5.78. The zero-order chi connectivity index (χ0) is 13.8. The van der Waals surface area contributed by atoms with E-state index >= 15 is 0 Å². The Morgan fingerprint density at radius 1 is 1.26 bits per heavy atom. The van der Waals surface area contributed by atoms with Crippen LogP contribution >= 0.6 is 0 Å². The zero-order valence-electron chi connectivity index (χ0n) is 12.3. The van der Waals surface area contributed by atoms with Crippen LogP contribution < -0.4 is 5.32 Å². The lowest BCUT2D eigenvalue weighted by Gasteiger charge is -2.14. The summed E-state index contributed by atoms with van der Waals surface area (Å²) >= 11 is 0. The summed E-state index contributed by atoms with van der Waals surface area (Å²) in [6, 6.07) is 2.96. The monoisotopic (exact) mass is 260 g/mol. The number of hydrogen-bond acceptors (Lipinski definition) is 3. The number of nitrogens with zero attached hydrogens (tertiary/aromatic N) is 3. The van der Waals surface area contributed by atoms with Crippen LogP contribution in [0.4, 0.5) is 5.69 Å². The van der Waals surface area contributed by atoms with E-state index in [4.69, 9.17) is 0 Å². The molecule has 1 atom stereocenters. The molecule has 0 aliphatic carbocycles. The molecule has 19 heavy (non-hydrogen) atoms. The Balaban J connectivity index is 2.14. The summed E-state index contributed by atoms with van der Waals surface area (Å²) in [4.78, 5) is 4.53. The number of hydrogen-bond donors (Lipinski definition) is 1. The van der Waals surface area contributed by atoms with E-state index in [1.807, 2.05) is 17.1 Å². The minimum Gasteiger partial charge on any atom is -0.381 e. The average molecular weight is 260 g/mol. The fourth-order valence-electron chi connectivity index (χ4n) is 2.26. The van der Waals surface area contributed by atoms with Gasteiger partial charge in [-0.2, -0.15) is 5.10 Å². The lowest BCUT2D eigenvalue weighted by Crippen LogP contribution is -2.14. The number of rotatable bonds is 6. The number of pyridine rings is 1. The van der Waals surface area contributed by atoms with E-state index in [1.165, 1.54) is 19.3 Å². The second-order valence-corrected chi connectivity index (χ2v) is 5.51. The van der Waals surface area contributed by atoms with Gasteiger partial charge in [-0.3, -0.25) is 0 Å². The van der Waals surface area contributed by atoms with Gasteiger partial charge in [-0.05, 0) is 33.3 Å². The third-order valence-corrected chi connectivity index (χ3v) is 3.33. The maximum absolute atomic E-state index is 4.53. The van der Waals surface area contributed by atoms with Gasteiger partial charge in [0.25, 0.3) is 0 Å². The van der Waals surface area contributed by atoms with Crippen molar-refractivity contribution in [3.05, 3.63) is 18.5 Å². The van der Waals surface area contributed by atoms with Crippen molar-refractivity contribution in [3.8, 4) is 0 Å². The van der Waals surface area contributed by atoms with E-state index in [2.05, 4.69) is 49.2 Å². The van der Waals surface area contributed by atoms with E-state index in [1.54, 1.807) is 0 Å². The molecule has 0 aliphatic rings. The molecule has 2 heterocycles.